The third kappa shape index (κ3) is 4.97. The first-order valence-corrected chi connectivity index (χ1v) is 9.10. The quantitative estimate of drug-likeness (QED) is 0.629. The predicted octanol–water partition coefficient (Wildman–Crippen LogP) is 5.31. The van der Waals surface area contributed by atoms with Crippen molar-refractivity contribution in [2.75, 3.05) is 11.9 Å². The minimum absolute atomic E-state index is 0.0218. The van der Waals surface area contributed by atoms with Crippen molar-refractivity contribution in [3.05, 3.63) is 65.7 Å². The molecule has 0 spiro atoms. The molecule has 2 N–H and O–H groups in total. The summed E-state index contributed by atoms with van der Waals surface area (Å²) in [7, 11) is 0. The summed E-state index contributed by atoms with van der Waals surface area (Å²) in [4.78, 5) is 12.3. The molecule has 5 nitrogen and oxygen atoms in total. The predicted molar refractivity (Wildman–Crippen MR) is 108 cm³/mol. The lowest BCUT2D eigenvalue weighted by Gasteiger charge is -2.17. The molecule has 2 aromatic carbocycles. The summed E-state index contributed by atoms with van der Waals surface area (Å²) in [6.07, 6.45) is 0. The fourth-order valence-corrected chi connectivity index (χ4v) is 2.65. The van der Waals surface area contributed by atoms with Crippen molar-refractivity contribution in [3.8, 4) is 11.3 Å². The Hall–Kier alpha value is -3.15. The molecule has 28 heavy (non-hydrogen) atoms. The highest BCUT2D eigenvalue weighted by Gasteiger charge is 2.18. The van der Waals surface area contributed by atoms with Crippen LogP contribution in [0.3, 0.4) is 0 Å². The van der Waals surface area contributed by atoms with Crippen LogP contribution in [0.2, 0.25) is 0 Å². The van der Waals surface area contributed by atoms with Gasteiger partial charge in [-0.2, -0.15) is 0 Å². The molecule has 1 heterocycles. The Balaban J connectivity index is 1.80. The van der Waals surface area contributed by atoms with Gasteiger partial charge >= 0.3 is 0 Å². The van der Waals surface area contributed by atoms with Crippen molar-refractivity contribution < 1.29 is 13.7 Å². The average molecular weight is 381 g/mol. The molecular formula is C22H24FN3O2. The van der Waals surface area contributed by atoms with Crippen LogP contribution in [0.25, 0.3) is 11.3 Å². The smallest absolute Gasteiger partial charge is 0.289 e. The van der Waals surface area contributed by atoms with Crippen LogP contribution in [0.5, 0.6) is 0 Å². The van der Waals surface area contributed by atoms with Crippen molar-refractivity contribution in [2.24, 2.45) is 5.41 Å². The Morgan fingerprint density at radius 2 is 1.86 bits per heavy atom. The number of aromatic nitrogens is 1. The molecule has 0 saturated heterocycles. The summed E-state index contributed by atoms with van der Waals surface area (Å²) in [5.74, 6) is -0.428. The second kappa shape index (κ2) is 7.84. The lowest BCUT2D eigenvalue weighted by atomic mass is 9.97. The Morgan fingerprint density at radius 3 is 2.57 bits per heavy atom. The van der Waals surface area contributed by atoms with Crippen LogP contribution in [-0.4, -0.2) is 17.6 Å². The second-order valence-corrected chi connectivity index (χ2v) is 7.98. The van der Waals surface area contributed by atoms with Gasteiger partial charge in [-0.1, -0.05) is 38.1 Å². The molecule has 3 aromatic rings. The van der Waals surface area contributed by atoms with Gasteiger partial charge in [-0.3, -0.25) is 4.79 Å². The summed E-state index contributed by atoms with van der Waals surface area (Å²) < 4.78 is 18.6. The number of hydrogen-bond acceptors (Lipinski definition) is 4. The van der Waals surface area contributed by atoms with E-state index in [0.717, 1.165) is 16.8 Å². The van der Waals surface area contributed by atoms with E-state index in [2.05, 4.69) is 15.8 Å². The van der Waals surface area contributed by atoms with E-state index >= 15 is 0 Å². The van der Waals surface area contributed by atoms with Gasteiger partial charge in [-0.25, -0.2) is 4.39 Å². The monoisotopic (exact) mass is 381 g/mol. The minimum atomic E-state index is -0.306. The maximum atomic E-state index is 13.4. The summed E-state index contributed by atoms with van der Waals surface area (Å²) >= 11 is 0. The van der Waals surface area contributed by atoms with Gasteiger partial charge in [0.2, 0.25) is 5.76 Å². The number of carbonyl (C=O) groups is 1. The van der Waals surface area contributed by atoms with E-state index in [-0.39, 0.29) is 22.9 Å². The fraction of sp³-hybridized carbons (Fsp3) is 0.273. The third-order valence-electron chi connectivity index (χ3n) is 4.14. The van der Waals surface area contributed by atoms with Crippen molar-refractivity contribution in [1.29, 1.82) is 0 Å². The lowest BCUT2D eigenvalue weighted by Crippen LogP contribution is -2.31. The topological polar surface area (TPSA) is 67.2 Å². The maximum absolute atomic E-state index is 13.4. The summed E-state index contributed by atoms with van der Waals surface area (Å²) in [6, 6.07) is 13.6. The van der Waals surface area contributed by atoms with Gasteiger partial charge in [0.15, 0.2) is 0 Å². The van der Waals surface area contributed by atoms with Crippen LogP contribution in [0, 0.1) is 18.2 Å². The summed E-state index contributed by atoms with van der Waals surface area (Å²) in [5.41, 5.74) is 3.80. The van der Waals surface area contributed by atoms with Gasteiger partial charge in [0.05, 0.1) is 0 Å². The van der Waals surface area contributed by atoms with Gasteiger partial charge in [0, 0.05) is 29.5 Å². The van der Waals surface area contributed by atoms with E-state index < -0.39 is 0 Å². The SMILES string of the molecule is Cc1ccc(Nc2cccc(F)c2)cc1-c1cc(C(=O)NCC(C)(C)C)on1. The van der Waals surface area contributed by atoms with E-state index in [1.54, 1.807) is 18.2 Å². The van der Waals surface area contributed by atoms with Gasteiger partial charge in [0.1, 0.15) is 11.5 Å². The number of carbonyl (C=O) groups excluding carboxylic acids is 1. The number of halogens is 1. The number of aryl methyl sites for hydroxylation is 1. The number of amides is 1. The summed E-state index contributed by atoms with van der Waals surface area (Å²) in [5, 5.41) is 10.1. The zero-order chi connectivity index (χ0) is 20.3. The van der Waals surface area contributed by atoms with Crippen molar-refractivity contribution in [3.63, 3.8) is 0 Å². The van der Waals surface area contributed by atoms with E-state index in [4.69, 9.17) is 4.52 Å². The molecule has 0 aliphatic heterocycles. The largest absolute Gasteiger partial charge is 0.355 e. The minimum Gasteiger partial charge on any atom is -0.355 e. The van der Waals surface area contributed by atoms with E-state index in [9.17, 15) is 9.18 Å². The highest BCUT2D eigenvalue weighted by molar-refractivity contribution is 5.92. The molecule has 0 unspecified atom stereocenters. The number of rotatable bonds is 5. The normalized spacial score (nSPS) is 11.3. The molecular weight excluding hydrogens is 357 g/mol. The average Bonchev–Trinajstić information content (AvgIpc) is 3.11. The Morgan fingerprint density at radius 1 is 1.11 bits per heavy atom. The van der Waals surface area contributed by atoms with Crippen LogP contribution in [0.15, 0.2) is 53.1 Å². The van der Waals surface area contributed by atoms with E-state index in [1.165, 1.54) is 12.1 Å². The highest BCUT2D eigenvalue weighted by atomic mass is 19.1. The molecule has 0 bridgehead atoms. The number of benzene rings is 2. The van der Waals surface area contributed by atoms with Crippen LogP contribution >= 0.6 is 0 Å². The van der Waals surface area contributed by atoms with Crippen molar-refractivity contribution in [2.45, 2.75) is 27.7 Å². The Labute approximate surface area is 163 Å². The standard InChI is InChI=1S/C22H24FN3O2/c1-14-8-9-17(25-16-7-5-6-15(23)10-16)11-18(14)19-12-20(28-26-19)21(27)24-13-22(2,3)4/h5-12,25H,13H2,1-4H3,(H,24,27). The number of nitrogens with one attached hydrogen (secondary N) is 2. The molecule has 1 amide bonds. The zero-order valence-corrected chi connectivity index (χ0v) is 16.5. The fourth-order valence-electron chi connectivity index (χ4n) is 2.65. The molecule has 6 heteroatoms. The number of nitrogens with zero attached hydrogens (tertiary/aromatic N) is 1. The van der Waals surface area contributed by atoms with E-state index in [1.807, 2.05) is 45.9 Å². The van der Waals surface area contributed by atoms with Crippen LogP contribution in [0.1, 0.15) is 36.9 Å². The number of anilines is 2. The molecule has 0 aliphatic carbocycles. The first kappa shape index (κ1) is 19.6. The molecule has 0 radical (unpaired) electrons. The van der Waals surface area contributed by atoms with Crippen molar-refractivity contribution in [1.82, 2.24) is 10.5 Å². The lowest BCUT2D eigenvalue weighted by molar-refractivity contribution is 0.0902. The van der Waals surface area contributed by atoms with Gasteiger partial charge in [-0.05, 0) is 48.2 Å². The molecule has 0 saturated carbocycles. The molecule has 3 rings (SSSR count). The van der Waals surface area contributed by atoms with Crippen molar-refractivity contribution >= 4 is 17.3 Å². The molecule has 0 atom stereocenters. The van der Waals surface area contributed by atoms with Crippen LogP contribution < -0.4 is 10.6 Å². The van der Waals surface area contributed by atoms with E-state index in [0.29, 0.717) is 17.9 Å². The maximum Gasteiger partial charge on any atom is 0.289 e. The van der Waals surface area contributed by atoms with Gasteiger partial charge < -0.3 is 15.2 Å². The van der Waals surface area contributed by atoms with Gasteiger partial charge in [0.25, 0.3) is 5.91 Å². The van der Waals surface area contributed by atoms with Gasteiger partial charge in [-0.15, -0.1) is 0 Å². The first-order chi connectivity index (χ1) is 13.2. The highest BCUT2D eigenvalue weighted by Crippen LogP contribution is 2.28. The van der Waals surface area contributed by atoms with Crippen LogP contribution in [-0.2, 0) is 0 Å². The van der Waals surface area contributed by atoms with Crippen LogP contribution in [0.4, 0.5) is 15.8 Å². The third-order valence-corrected chi connectivity index (χ3v) is 4.14. The molecule has 146 valence electrons. The Bertz CT molecular complexity index is 989. The second-order valence-electron chi connectivity index (χ2n) is 7.98. The molecule has 0 fully saturated rings. The summed E-state index contributed by atoms with van der Waals surface area (Å²) in [6.45, 7) is 8.61. The number of hydrogen-bond donors (Lipinski definition) is 2. The molecule has 1 aromatic heterocycles. The first-order valence-electron chi connectivity index (χ1n) is 9.10. The molecule has 0 aliphatic rings. The zero-order valence-electron chi connectivity index (χ0n) is 16.5. The Kier molecular flexibility index (Phi) is 5.49.